The number of unbranched alkanes of at least 4 members (excludes halogenated alkanes) is 1. The predicted octanol–water partition coefficient (Wildman–Crippen LogP) is 3.82. The van der Waals surface area contributed by atoms with Crippen LogP contribution in [0.15, 0.2) is 89.8 Å². The summed E-state index contributed by atoms with van der Waals surface area (Å²) in [4.78, 5) is 13.4. The van der Waals surface area contributed by atoms with E-state index in [1.165, 1.54) is 33.3 Å². The molecule has 7 nitrogen and oxygen atoms in total. The van der Waals surface area contributed by atoms with Gasteiger partial charge in [-0.2, -0.15) is 0 Å². The van der Waals surface area contributed by atoms with Crippen LogP contribution < -0.4 is 11.1 Å². The molecule has 3 rings (SSSR count). The number of anilines is 1. The third-order valence-electron chi connectivity index (χ3n) is 6.89. The molecule has 4 N–H and O–H groups in total. The van der Waals surface area contributed by atoms with E-state index >= 15 is 0 Å². The Balaban J connectivity index is 1.60. The van der Waals surface area contributed by atoms with Gasteiger partial charge in [-0.3, -0.25) is 0 Å². The number of hydrogen-bond donors (Lipinski definition) is 3. The Morgan fingerprint density at radius 1 is 0.925 bits per heavy atom. The maximum atomic E-state index is 13.4. The Hall–Kier alpha value is -2.64. The summed E-state index contributed by atoms with van der Waals surface area (Å²) in [7, 11) is -3.80. The minimum Gasteiger partial charge on any atom is -0.399 e. The van der Waals surface area contributed by atoms with Crippen molar-refractivity contribution in [3.05, 3.63) is 96.1 Å². The number of benzene rings is 3. The Kier molecular flexibility index (Phi) is 12.3. The normalized spacial score (nSPS) is 13.5. The SMILES string of the molecule is CC(C)CN(C(CO)CCCCNC(=O)C([AsH2])C(c1ccccc1)c1ccccc1)S(=O)(=O)c1ccc(N)cc1. The summed E-state index contributed by atoms with van der Waals surface area (Å²) >= 11 is 1.39. The molecule has 9 heteroatoms. The monoisotopic (exact) mass is 627 g/mol. The van der Waals surface area contributed by atoms with Gasteiger partial charge in [0.1, 0.15) is 0 Å². The van der Waals surface area contributed by atoms with Crippen molar-refractivity contribution in [2.75, 3.05) is 25.4 Å². The Morgan fingerprint density at radius 3 is 1.98 bits per heavy atom. The van der Waals surface area contributed by atoms with Crippen molar-refractivity contribution in [2.45, 2.75) is 54.7 Å². The zero-order chi connectivity index (χ0) is 29.1. The summed E-state index contributed by atoms with van der Waals surface area (Å²) < 4.78 is 28.1. The summed E-state index contributed by atoms with van der Waals surface area (Å²) in [6.45, 7) is 4.42. The third-order valence-corrected chi connectivity index (χ3v) is 10.3. The molecule has 216 valence electrons. The fraction of sp³-hybridized carbons (Fsp3) is 0.387. The van der Waals surface area contributed by atoms with Crippen LogP contribution in [0.2, 0.25) is 4.71 Å². The van der Waals surface area contributed by atoms with E-state index in [0.717, 1.165) is 11.1 Å². The van der Waals surface area contributed by atoms with Crippen LogP contribution >= 0.6 is 0 Å². The second-order valence-electron chi connectivity index (χ2n) is 10.5. The number of carbonyl (C=O) groups excluding carboxylic acids is 1. The fourth-order valence-electron chi connectivity index (χ4n) is 4.82. The second kappa shape index (κ2) is 15.4. The molecular formula is C31H42AsN3O4S. The molecule has 3 aromatic rings. The smallest absolute Gasteiger partial charge is 0.399 e. The Bertz CT molecular complexity index is 1250. The van der Waals surface area contributed by atoms with Gasteiger partial charge in [-0.25, -0.2) is 0 Å². The number of rotatable bonds is 15. The summed E-state index contributed by atoms with van der Waals surface area (Å²) in [5.41, 5.74) is 8.45. The first-order valence-electron chi connectivity index (χ1n) is 13.8. The van der Waals surface area contributed by atoms with Gasteiger partial charge in [0, 0.05) is 5.69 Å². The molecule has 0 saturated heterocycles. The number of nitrogen functional groups attached to an aromatic ring is 1. The molecule has 0 aliphatic rings. The van der Waals surface area contributed by atoms with Crippen LogP contribution in [0.3, 0.4) is 0 Å². The molecule has 0 spiro atoms. The van der Waals surface area contributed by atoms with Crippen LogP contribution in [0.5, 0.6) is 0 Å². The quantitative estimate of drug-likeness (QED) is 0.135. The molecule has 0 bridgehead atoms. The average molecular weight is 628 g/mol. The number of nitrogens with two attached hydrogens (primary N) is 1. The molecule has 40 heavy (non-hydrogen) atoms. The van der Waals surface area contributed by atoms with Gasteiger partial charge in [0.2, 0.25) is 0 Å². The molecule has 0 saturated carbocycles. The standard InChI is InChI=1S/C31H42AsN3O4S/c1-23(2)21-35(40(38,39)28-18-16-26(33)17-19-28)27(22-36)15-9-10-20-34-31(37)30(32)29(24-11-5-3-6-12-24)25-13-7-4-8-14-25/h3-8,11-14,16-19,23,27,29-30,36H,9-10,15,20-22,32-33H2,1-2H3,(H,34,37). The second-order valence-corrected chi connectivity index (χ2v) is 13.9. The summed E-state index contributed by atoms with van der Waals surface area (Å²) in [5, 5.41) is 13.3. The number of aliphatic hydroxyl groups excluding tert-OH is 1. The van der Waals surface area contributed by atoms with Gasteiger partial charge < -0.3 is 5.73 Å². The van der Waals surface area contributed by atoms with E-state index in [1.807, 2.05) is 50.2 Å². The number of amides is 1. The van der Waals surface area contributed by atoms with Crippen molar-refractivity contribution in [3.63, 3.8) is 0 Å². The van der Waals surface area contributed by atoms with Gasteiger partial charge >= 0.3 is 225 Å². The fourth-order valence-corrected chi connectivity index (χ4v) is 7.81. The van der Waals surface area contributed by atoms with Crippen molar-refractivity contribution in [3.8, 4) is 0 Å². The van der Waals surface area contributed by atoms with E-state index in [2.05, 4.69) is 29.6 Å². The average Bonchev–Trinajstić information content (AvgIpc) is 2.95. The van der Waals surface area contributed by atoms with Crippen molar-refractivity contribution >= 4 is 38.5 Å². The van der Waals surface area contributed by atoms with Crippen LogP contribution in [-0.2, 0) is 14.8 Å². The van der Waals surface area contributed by atoms with E-state index in [-0.39, 0.29) is 34.0 Å². The van der Waals surface area contributed by atoms with Gasteiger partial charge in [0.15, 0.2) is 0 Å². The summed E-state index contributed by atoms with van der Waals surface area (Å²) in [6, 6.07) is 25.8. The molecule has 0 aliphatic heterocycles. The Morgan fingerprint density at radius 2 is 1.48 bits per heavy atom. The first-order chi connectivity index (χ1) is 19.1. The molecule has 0 aliphatic carbocycles. The molecule has 1 amide bonds. The van der Waals surface area contributed by atoms with Crippen LogP contribution in [0.1, 0.15) is 50.2 Å². The van der Waals surface area contributed by atoms with Crippen molar-refractivity contribution in [1.82, 2.24) is 9.62 Å². The molecular weight excluding hydrogens is 585 g/mol. The number of aliphatic hydroxyl groups is 1. The molecule has 0 radical (unpaired) electrons. The van der Waals surface area contributed by atoms with E-state index in [4.69, 9.17) is 5.73 Å². The van der Waals surface area contributed by atoms with Crippen molar-refractivity contribution in [1.29, 1.82) is 0 Å². The number of sulfonamides is 1. The van der Waals surface area contributed by atoms with E-state index in [9.17, 15) is 18.3 Å². The third kappa shape index (κ3) is 8.68. The van der Waals surface area contributed by atoms with Crippen molar-refractivity contribution < 1.29 is 18.3 Å². The molecule has 0 heterocycles. The van der Waals surface area contributed by atoms with Crippen molar-refractivity contribution in [2.24, 2.45) is 5.92 Å². The number of hydrogen-bond acceptors (Lipinski definition) is 5. The van der Waals surface area contributed by atoms with E-state index < -0.39 is 16.1 Å². The maximum absolute atomic E-state index is 13.4. The van der Waals surface area contributed by atoms with Crippen LogP contribution in [0, 0.1) is 5.92 Å². The molecule has 0 aromatic heterocycles. The van der Waals surface area contributed by atoms with Gasteiger partial charge in [0.25, 0.3) is 0 Å². The van der Waals surface area contributed by atoms with E-state index in [1.54, 1.807) is 12.1 Å². The van der Waals surface area contributed by atoms with Crippen LogP contribution in [-0.4, -0.2) is 66.3 Å². The molecule has 3 atom stereocenters. The first kappa shape index (κ1) is 31.9. The molecule has 3 aromatic carbocycles. The number of nitrogens with zero attached hydrogens (tertiary/aromatic N) is 1. The zero-order valence-electron chi connectivity index (χ0n) is 23.3. The summed E-state index contributed by atoms with van der Waals surface area (Å²) in [6.07, 6.45) is 1.84. The molecule has 3 unspecified atom stereocenters. The first-order valence-corrected chi connectivity index (χ1v) is 16.6. The number of nitrogens with one attached hydrogen (secondary N) is 1. The van der Waals surface area contributed by atoms with Gasteiger partial charge in [0.05, 0.1) is 0 Å². The van der Waals surface area contributed by atoms with E-state index in [0.29, 0.717) is 38.0 Å². The van der Waals surface area contributed by atoms with Crippen LogP contribution in [0.4, 0.5) is 5.69 Å². The minimum absolute atomic E-state index is 0.00350. The number of carbonyl (C=O) groups is 1. The van der Waals surface area contributed by atoms with Gasteiger partial charge in [-0.05, 0) is 12.1 Å². The van der Waals surface area contributed by atoms with Gasteiger partial charge in [-0.1, -0.05) is 0 Å². The topological polar surface area (TPSA) is 113 Å². The van der Waals surface area contributed by atoms with Crippen LogP contribution in [0.25, 0.3) is 0 Å². The molecule has 0 fully saturated rings. The summed E-state index contributed by atoms with van der Waals surface area (Å²) in [5.74, 6) is 0.0514. The zero-order valence-corrected chi connectivity index (χ0v) is 26.6. The minimum atomic E-state index is -3.80. The predicted molar refractivity (Wildman–Crippen MR) is 164 cm³/mol. The van der Waals surface area contributed by atoms with Gasteiger partial charge in [-0.15, -0.1) is 0 Å². The Labute approximate surface area is 247 Å².